The molecule has 0 saturated heterocycles. The van der Waals surface area contributed by atoms with Crippen molar-refractivity contribution in [3.8, 4) is 0 Å². The van der Waals surface area contributed by atoms with Crippen LogP contribution in [0.15, 0.2) is 0 Å². The van der Waals surface area contributed by atoms with Gasteiger partial charge in [0.25, 0.3) is 11.9 Å². The van der Waals surface area contributed by atoms with Crippen molar-refractivity contribution in [1.29, 1.82) is 0 Å². The lowest BCUT2D eigenvalue weighted by atomic mass is 10.4. The summed E-state index contributed by atoms with van der Waals surface area (Å²) in [6, 6.07) is -0.615. The van der Waals surface area contributed by atoms with Crippen molar-refractivity contribution in [2.45, 2.75) is 13.0 Å². The molecule has 1 amide bonds. The smallest absolute Gasteiger partial charge is 0.260 e. The molecule has 0 radical (unpaired) electrons. The fourth-order valence-corrected chi connectivity index (χ4v) is 0.756. The Bertz CT molecular complexity index is 380. The maximum Gasteiger partial charge on any atom is 0.260 e. The van der Waals surface area contributed by atoms with Crippen LogP contribution in [-0.2, 0) is 4.79 Å². The van der Waals surface area contributed by atoms with Crippen LogP contribution in [-0.4, -0.2) is 26.8 Å². The number of amides is 1. The van der Waals surface area contributed by atoms with Crippen molar-refractivity contribution in [1.82, 2.24) is 20.3 Å². The Morgan fingerprint density at radius 1 is 1.79 bits per heavy atom. The van der Waals surface area contributed by atoms with Crippen LogP contribution in [0, 0.1) is 4.77 Å². The molecule has 1 heterocycles. The molecular formula is C5H11N7OS. The number of rotatable bonds is 3. The summed E-state index contributed by atoms with van der Waals surface area (Å²) in [5, 5.41) is 6.14. The van der Waals surface area contributed by atoms with Crippen LogP contribution in [0.5, 0.6) is 0 Å². The first-order valence-electron chi connectivity index (χ1n) is 3.76. The highest BCUT2D eigenvalue weighted by Crippen LogP contribution is 1.95. The molecule has 1 unspecified atom stereocenters. The van der Waals surface area contributed by atoms with E-state index >= 15 is 0 Å². The van der Waals surface area contributed by atoms with Crippen molar-refractivity contribution >= 4 is 24.1 Å². The molecule has 1 aromatic heterocycles. The second-order valence-electron chi connectivity index (χ2n) is 2.63. The first-order valence-corrected chi connectivity index (χ1v) is 4.17. The van der Waals surface area contributed by atoms with Crippen LogP contribution in [0.4, 0.5) is 5.95 Å². The molecule has 0 aliphatic heterocycles. The summed E-state index contributed by atoms with van der Waals surface area (Å²) in [7, 11) is 0. The lowest BCUT2D eigenvalue weighted by Gasteiger charge is -2.08. The highest BCUT2D eigenvalue weighted by atomic mass is 32.1. The van der Waals surface area contributed by atoms with Gasteiger partial charge in [-0.15, -0.1) is 5.10 Å². The number of nitrogen functional groups attached to an aromatic ring is 1. The summed E-state index contributed by atoms with van der Waals surface area (Å²) in [6.45, 7) is 1.55. The van der Waals surface area contributed by atoms with Gasteiger partial charge in [0.2, 0.25) is 4.77 Å². The Labute approximate surface area is 84.6 Å². The molecule has 0 aliphatic carbocycles. The van der Waals surface area contributed by atoms with Crippen LogP contribution in [0.2, 0.25) is 0 Å². The van der Waals surface area contributed by atoms with Crippen LogP contribution < -0.4 is 22.4 Å². The van der Waals surface area contributed by atoms with E-state index in [-0.39, 0.29) is 16.6 Å². The predicted octanol–water partition coefficient (Wildman–Crippen LogP) is -1.56. The van der Waals surface area contributed by atoms with Gasteiger partial charge in [0, 0.05) is 0 Å². The number of hydrogen-bond acceptors (Lipinski definition) is 6. The molecule has 9 heteroatoms. The third-order valence-corrected chi connectivity index (χ3v) is 1.70. The number of aromatic amines is 1. The predicted molar refractivity (Wildman–Crippen MR) is 53.0 cm³/mol. The zero-order valence-corrected chi connectivity index (χ0v) is 8.26. The van der Waals surface area contributed by atoms with Crippen molar-refractivity contribution in [3.05, 3.63) is 4.77 Å². The van der Waals surface area contributed by atoms with E-state index in [2.05, 4.69) is 21.0 Å². The van der Waals surface area contributed by atoms with Crippen LogP contribution in [0.25, 0.3) is 0 Å². The zero-order chi connectivity index (χ0) is 10.7. The number of H-pyrrole nitrogens is 1. The van der Waals surface area contributed by atoms with Gasteiger partial charge in [0.1, 0.15) is 0 Å². The normalized spacial score (nSPS) is 12.1. The fraction of sp³-hybridized carbons (Fsp3) is 0.400. The Kier molecular flexibility index (Phi) is 3.04. The molecule has 7 N–H and O–H groups in total. The number of anilines is 1. The third kappa shape index (κ3) is 2.20. The topological polar surface area (TPSA) is 127 Å². The molecule has 14 heavy (non-hydrogen) atoms. The SMILES string of the molecule is CC(N)C(=O)NNc1n[nH]c(=S)n1N. The van der Waals surface area contributed by atoms with Crippen molar-refractivity contribution in [3.63, 3.8) is 0 Å². The molecule has 1 aromatic rings. The number of hydrogen-bond donors (Lipinski definition) is 5. The van der Waals surface area contributed by atoms with E-state index in [4.69, 9.17) is 23.8 Å². The number of aromatic nitrogens is 3. The Hall–Kier alpha value is -1.61. The summed E-state index contributed by atoms with van der Waals surface area (Å²) < 4.78 is 1.32. The maximum atomic E-state index is 11.0. The number of carbonyl (C=O) groups excluding carboxylic acids is 1. The number of nitrogens with two attached hydrogens (primary N) is 2. The van der Waals surface area contributed by atoms with E-state index in [1.54, 1.807) is 6.92 Å². The van der Waals surface area contributed by atoms with Gasteiger partial charge in [-0.3, -0.25) is 15.6 Å². The lowest BCUT2D eigenvalue weighted by Crippen LogP contribution is -2.42. The van der Waals surface area contributed by atoms with Crippen molar-refractivity contribution in [2.75, 3.05) is 11.3 Å². The Balaban J connectivity index is 2.58. The van der Waals surface area contributed by atoms with Gasteiger partial charge in [-0.25, -0.2) is 5.10 Å². The van der Waals surface area contributed by atoms with Gasteiger partial charge in [0.05, 0.1) is 6.04 Å². The molecule has 8 nitrogen and oxygen atoms in total. The number of nitrogens with one attached hydrogen (secondary N) is 3. The van der Waals surface area contributed by atoms with E-state index in [0.29, 0.717) is 0 Å². The van der Waals surface area contributed by atoms with Gasteiger partial charge >= 0.3 is 0 Å². The van der Waals surface area contributed by atoms with Crippen molar-refractivity contribution < 1.29 is 4.79 Å². The summed E-state index contributed by atoms with van der Waals surface area (Å²) in [6.07, 6.45) is 0. The molecule has 0 fully saturated rings. The van der Waals surface area contributed by atoms with E-state index in [1.807, 2.05) is 0 Å². The van der Waals surface area contributed by atoms with Gasteiger partial charge in [0.15, 0.2) is 0 Å². The summed E-state index contributed by atoms with van der Waals surface area (Å²) in [5.41, 5.74) is 10.1. The summed E-state index contributed by atoms with van der Waals surface area (Å²) >= 11 is 4.75. The average Bonchev–Trinajstić information content (AvgIpc) is 2.44. The third-order valence-electron chi connectivity index (χ3n) is 1.42. The molecular weight excluding hydrogens is 206 g/mol. The minimum Gasteiger partial charge on any atom is -0.334 e. The summed E-state index contributed by atoms with van der Waals surface area (Å²) in [5.74, 6) is 5.26. The highest BCUT2D eigenvalue weighted by molar-refractivity contribution is 7.71. The Morgan fingerprint density at radius 2 is 2.43 bits per heavy atom. The number of carbonyl (C=O) groups is 1. The lowest BCUT2D eigenvalue weighted by molar-refractivity contribution is -0.121. The Morgan fingerprint density at radius 3 is 2.86 bits per heavy atom. The van der Waals surface area contributed by atoms with Crippen molar-refractivity contribution in [2.24, 2.45) is 5.73 Å². The molecule has 0 saturated carbocycles. The second kappa shape index (κ2) is 4.07. The van der Waals surface area contributed by atoms with E-state index in [0.717, 1.165) is 4.68 Å². The number of nitrogens with zero attached hydrogens (tertiary/aromatic N) is 2. The molecule has 1 rings (SSSR count). The highest BCUT2D eigenvalue weighted by Gasteiger charge is 2.08. The van der Waals surface area contributed by atoms with Crippen LogP contribution in [0.3, 0.4) is 0 Å². The van der Waals surface area contributed by atoms with Crippen LogP contribution >= 0.6 is 12.2 Å². The largest absolute Gasteiger partial charge is 0.334 e. The van der Waals surface area contributed by atoms with E-state index < -0.39 is 6.04 Å². The first-order chi connectivity index (χ1) is 6.52. The van der Waals surface area contributed by atoms with E-state index in [9.17, 15) is 4.79 Å². The second-order valence-corrected chi connectivity index (χ2v) is 3.01. The monoisotopic (exact) mass is 217 g/mol. The maximum absolute atomic E-state index is 11.0. The molecule has 0 aromatic carbocycles. The molecule has 0 bridgehead atoms. The van der Waals surface area contributed by atoms with Gasteiger partial charge in [-0.05, 0) is 19.1 Å². The fourth-order valence-electron chi connectivity index (χ4n) is 0.624. The molecule has 1 atom stereocenters. The zero-order valence-electron chi connectivity index (χ0n) is 7.44. The molecule has 78 valence electrons. The summed E-state index contributed by atoms with van der Waals surface area (Å²) in [4.78, 5) is 11.0. The molecule has 0 aliphatic rings. The minimum absolute atomic E-state index is 0.198. The van der Waals surface area contributed by atoms with Crippen LogP contribution in [0.1, 0.15) is 6.92 Å². The molecule has 0 spiro atoms. The number of hydrazine groups is 1. The standard InChI is InChI=1S/C5H11N7OS/c1-2(6)3(13)8-9-4-10-11-5(14)12(4)7/h2H,6-7H2,1H3,(H,8,13)(H,9,10)(H,11,14). The van der Waals surface area contributed by atoms with Gasteiger partial charge < -0.3 is 11.6 Å². The first kappa shape index (κ1) is 10.5. The van der Waals surface area contributed by atoms with E-state index in [1.165, 1.54) is 0 Å². The minimum atomic E-state index is -0.615. The van der Waals surface area contributed by atoms with Gasteiger partial charge in [-0.2, -0.15) is 4.68 Å². The quantitative estimate of drug-likeness (QED) is 0.237. The van der Waals surface area contributed by atoms with Gasteiger partial charge in [-0.1, -0.05) is 0 Å². The average molecular weight is 217 g/mol.